The number of amides is 1. The second kappa shape index (κ2) is 6.77. The Labute approximate surface area is 108 Å². The Hall–Kier alpha value is -1.86. The van der Waals surface area contributed by atoms with Gasteiger partial charge in [0.25, 0.3) is 0 Å². The Balaban J connectivity index is 2.44. The normalized spacial score (nSPS) is 11.9. The lowest BCUT2D eigenvalue weighted by molar-refractivity contribution is -0.123. The molecule has 1 atom stereocenters. The van der Waals surface area contributed by atoms with E-state index in [4.69, 9.17) is 5.26 Å². The van der Waals surface area contributed by atoms with Gasteiger partial charge in [-0.3, -0.25) is 4.79 Å². The second-order valence-electron chi connectivity index (χ2n) is 4.57. The second-order valence-corrected chi connectivity index (χ2v) is 4.57. The summed E-state index contributed by atoms with van der Waals surface area (Å²) in [6.07, 6.45) is 0. The third kappa shape index (κ3) is 4.56. The average Bonchev–Trinajstić information content (AvgIpc) is 2.35. The molecule has 1 unspecified atom stereocenters. The largest absolute Gasteiger partial charge is 0.353 e. The predicted octanol–water partition coefficient (Wildman–Crippen LogP) is 1.56. The molecule has 0 bridgehead atoms. The third-order valence-corrected chi connectivity index (χ3v) is 2.52. The number of carbonyl (C=O) groups is 1. The maximum absolute atomic E-state index is 11.7. The molecular formula is C14H19N3O. The van der Waals surface area contributed by atoms with Crippen LogP contribution in [0.15, 0.2) is 24.3 Å². The molecule has 0 fully saturated rings. The van der Waals surface area contributed by atoms with Crippen LogP contribution in [0.4, 0.5) is 0 Å². The molecule has 0 spiro atoms. The maximum atomic E-state index is 11.7. The van der Waals surface area contributed by atoms with E-state index in [0.717, 1.165) is 5.56 Å². The Morgan fingerprint density at radius 1 is 1.28 bits per heavy atom. The minimum absolute atomic E-state index is 0.00125. The lowest BCUT2D eigenvalue weighted by Gasteiger charge is -2.16. The zero-order valence-corrected chi connectivity index (χ0v) is 11.0. The van der Waals surface area contributed by atoms with E-state index in [1.165, 1.54) is 0 Å². The third-order valence-electron chi connectivity index (χ3n) is 2.52. The first-order valence-corrected chi connectivity index (χ1v) is 6.05. The lowest BCUT2D eigenvalue weighted by atomic mass is 10.1. The first-order chi connectivity index (χ1) is 8.52. The van der Waals surface area contributed by atoms with Gasteiger partial charge in [-0.2, -0.15) is 5.26 Å². The lowest BCUT2D eigenvalue weighted by Crippen LogP contribution is -2.44. The van der Waals surface area contributed by atoms with Crippen molar-refractivity contribution in [3.8, 4) is 6.07 Å². The molecule has 0 aromatic heterocycles. The van der Waals surface area contributed by atoms with Crippen molar-refractivity contribution in [1.29, 1.82) is 5.26 Å². The monoisotopic (exact) mass is 245 g/mol. The summed E-state index contributed by atoms with van der Waals surface area (Å²) in [6.45, 7) is 6.32. The van der Waals surface area contributed by atoms with Gasteiger partial charge in [0.15, 0.2) is 0 Å². The summed E-state index contributed by atoms with van der Waals surface area (Å²) in [4.78, 5) is 11.7. The minimum atomic E-state index is -0.233. The fourth-order valence-electron chi connectivity index (χ4n) is 1.47. The van der Waals surface area contributed by atoms with Crippen LogP contribution in [0.3, 0.4) is 0 Å². The molecule has 0 aliphatic carbocycles. The topological polar surface area (TPSA) is 64.9 Å². The van der Waals surface area contributed by atoms with E-state index in [1.54, 1.807) is 12.1 Å². The van der Waals surface area contributed by atoms with Crippen molar-refractivity contribution in [2.45, 2.75) is 39.4 Å². The van der Waals surface area contributed by atoms with Crippen LogP contribution in [0.25, 0.3) is 0 Å². The van der Waals surface area contributed by atoms with Gasteiger partial charge in [-0.05, 0) is 38.5 Å². The minimum Gasteiger partial charge on any atom is -0.353 e. The smallest absolute Gasteiger partial charge is 0.237 e. The molecule has 0 saturated carbocycles. The zero-order chi connectivity index (χ0) is 13.5. The Morgan fingerprint density at radius 3 is 2.39 bits per heavy atom. The molecule has 18 heavy (non-hydrogen) atoms. The van der Waals surface area contributed by atoms with Gasteiger partial charge in [-0.1, -0.05) is 12.1 Å². The van der Waals surface area contributed by atoms with E-state index in [0.29, 0.717) is 12.1 Å². The van der Waals surface area contributed by atoms with Crippen LogP contribution in [0.5, 0.6) is 0 Å². The Kier molecular flexibility index (Phi) is 5.34. The Morgan fingerprint density at radius 2 is 1.89 bits per heavy atom. The van der Waals surface area contributed by atoms with Crippen LogP contribution in [-0.4, -0.2) is 18.0 Å². The number of carbonyl (C=O) groups excluding carboxylic acids is 1. The summed E-state index contributed by atoms with van der Waals surface area (Å²) in [5.74, 6) is -0.00125. The summed E-state index contributed by atoms with van der Waals surface area (Å²) in [5, 5.41) is 14.7. The van der Waals surface area contributed by atoms with Crippen molar-refractivity contribution in [1.82, 2.24) is 10.6 Å². The molecule has 4 heteroatoms. The van der Waals surface area contributed by atoms with Crippen molar-refractivity contribution >= 4 is 5.91 Å². The highest BCUT2D eigenvalue weighted by molar-refractivity contribution is 5.81. The number of nitrogens with one attached hydrogen (secondary N) is 2. The van der Waals surface area contributed by atoms with Crippen molar-refractivity contribution in [2.24, 2.45) is 0 Å². The van der Waals surface area contributed by atoms with Crippen molar-refractivity contribution in [2.75, 3.05) is 0 Å². The van der Waals surface area contributed by atoms with Gasteiger partial charge in [0.05, 0.1) is 17.7 Å². The molecule has 1 aromatic carbocycles. The molecular weight excluding hydrogens is 226 g/mol. The van der Waals surface area contributed by atoms with E-state index in [9.17, 15) is 4.79 Å². The molecule has 0 aliphatic heterocycles. The highest BCUT2D eigenvalue weighted by Gasteiger charge is 2.12. The first kappa shape index (κ1) is 14.2. The predicted molar refractivity (Wildman–Crippen MR) is 70.7 cm³/mol. The van der Waals surface area contributed by atoms with Crippen LogP contribution in [0.1, 0.15) is 31.9 Å². The number of nitrogens with zero attached hydrogens (tertiary/aromatic N) is 1. The SMILES string of the molecule is CC(C)NC(=O)C(C)NCc1ccc(C#N)cc1. The van der Waals surface area contributed by atoms with E-state index < -0.39 is 0 Å². The molecule has 4 nitrogen and oxygen atoms in total. The van der Waals surface area contributed by atoms with E-state index in [2.05, 4.69) is 16.7 Å². The maximum Gasteiger partial charge on any atom is 0.237 e. The van der Waals surface area contributed by atoms with Gasteiger partial charge >= 0.3 is 0 Å². The summed E-state index contributed by atoms with van der Waals surface area (Å²) < 4.78 is 0. The van der Waals surface area contributed by atoms with Gasteiger partial charge in [0, 0.05) is 12.6 Å². The van der Waals surface area contributed by atoms with E-state index >= 15 is 0 Å². The van der Waals surface area contributed by atoms with Gasteiger partial charge in [0.2, 0.25) is 5.91 Å². The van der Waals surface area contributed by atoms with E-state index in [1.807, 2.05) is 32.9 Å². The quantitative estimate of drug-likeness (QED) is 0.827. The van der Waals surface area contributed by atoms with Gasteiger partial charge in [0.1, 0.15) is 0 Å². The standard InChI is InChI=1S/C14H19N3O/c1-10(2)17-14(18)11(3)16-9-13-6-4-12(8-15)5-7-13/h4-7,10-11,16H,9H2,1-3H3,(H,17,18). The van der Waals surface area contributed by atoms with Crippen LogP contribution < -0.4 is 10.6 Å². The molecule has 0 aliphatic rings. The fourth-order valence-corrected chi connectivity index (χ4v) is 1.47. The fraction of sp³-hybridized carbons (Fsp3) is 0.429. The molecule has 96 valence electrons. The van der Waals surface area contributed by atoms with Gasteiger partial charge in [-0.25, -0.2) is 0 Å². The summed E-state index contributed by atoms with van der Waals surface area (Å²) in [7, 11) is 0. The van der Waals surface area contributed by atoms with Crippen molar-refractivity contribution in [3.05, 3.63) is 35.4 Å². The zero-order valence-electron chi connectivity index (χ0n) is 11.0. The highest BCUT2D eigenvalue weighted by Crippen LogP contribution is 2.03. The summed E-state index contributed by atoms with van der Waals surface area (Å²) in [5.41, 5.74) is 1.70. The molecule has 0 saturated heterocycles. The molecule has 1 aromatic rings. The van der Waals surface area contributed by atoms with Gasteiger partial charge < -0.3 is 10.6 Å². The number of hydrogen-bond acceptors (Lipinski definition) is 3. The highest BCUT2D eigenvalue weighted by atomic mass is 16.2. The number of hydrogen-bond donors (Lipinski definition) is 2. The van der Waals surface area contributed by atoms with Crippen molar-refractivity contribution < 1.29 is 4.79 Å². The molecule has 2 N–H and O–H groups in total. The Bertz CT molecular complexity index is 431. The summed E-state index contributed by atoms with van der Waals surface area (Å²) >= 11 is 0. The van der Waals surface area contributed by atoms with Gasteiger partial charge in [-0.15, -0.1) is 0 Å². The molecule has 1 amide bonds. The molecule has 0 radical (unpaired) electrons. The average molecular weight is 245 g/mol. The van der Waals surface area contributed by atoms with Crippen LogP contribution in [0.2, 0.25) is 0 Å². The first-order valence-electron chi connectivity index (χ1n) is 6.05. The van der Waals surface area contributed by atoms with Crippen LogP contribution in [0, 0.1) is 11.3 Å². The van der Waals surface area contributed by atoms with E-state index in [-0.39, 0.29) is 18.0 Å². The number of benzene rings is 1. The molecule has 1 rings (SSSR count). The van der Waals surface area contributed by atoms with Crippen LogP contribution in [-0.2, 0) is 11.3 Å². The van der Waals surface area contributed by atoms with Crippen molar-refractivity contribution in [3.63, 3.8) is 0 Å². The molecule has 0 heterocycles. The summed E-state index contributed by atoms with van der Waals surface area (Å²) in [6, 6.07) is 9.31. The van der Waals surface area contributed by atoms with Crippen LogP contribution >= 0.6 is 0 Å². The number of nitriles is 1. The number of rotatable bonds is 5.